The van der Waals surface area contributed by atoms with E-state index in [1.807, 2.05) is 35.9 Å². The Morgan fingerprint density at radius 1 is 1.57 bits per heavy atom. The molecule has 0 aliphatic heterocycles. The third-order valence-electron chi connectivity index (χ3n) is 1.90. The van der Waals surface area contributed by atoms with Gasteiger partial charge in [0.2, 0.25) is 5.12 Å². The molecule has 0 saturated carbocycles. The Bertz CT molecular complexity index is 464. The Hall–Kier alpha value is -1.29. The summed E-state index contributed by atoms with van der Waals surface area (Å²) in [7, 11) is 0. The fraction of sp³-hybridized carbons (Fsp3) is 0.200. The van der Waals surface area contributed by atoms with Crippen molar-refractivity contribution in [3.63, 3.8) is 0 Å². The lowest BCUT2D eigenvalue weighted by molar-refractivity contribution is 0.108. The van der Waals surface area contributed by atoms with E-state index in [-0.39, 0.29) is 5.12 Å². The van der Waals surface area contributed by atoms with Crippen molar-refractivity contribution in [2.45, 2.75) is 6.92 Å². The minimum absolute atomic E-state index is 0.114. The largest absolute Gasteiger partial charge is 0.306 e. The maximum atomic E-state index is 11.5. The van der Waals surface area contributed by atoms with E-state index in [0.717, 1.165) is 17.0 Å². The summed E-state index contributed by atoms with van der Waals surface area (Å²) in [5.41, 5.74) is 1.59. The molecule has 0 aliphatic carbocycles. The van der Waals surface area contributed by atoms with E-state index in [4.69, 9.17) is 0 Å². The molecule has 2 rings (SSSR count). The molecule has 0 aromatic carbocycles. The van der Waals surface area contributed by atoms with Gasteiger partial charge < -0.3 is 4.40 Å². The third kappa shape index (κ3) is 1.65. The van der Waals surface area contributed by atoms with Gasteiger partial charge in [-0.25, -0.2) is 4.98 Å². The predicted octanol–water partition coefficient (Wildman–Crippen LogP) is 2.23. The molecule has 0 aliphatic rings. The summed E-state index contributed by atoms with van der Waals surface area (Å²) < 4.78 is 1.85. The monoisotopic (exact) mass is 206 g/mol. The summed E-state index contributed by atoms with van der Waals surface area (Å²) in [4.78, 5) is 15.6. The second-order valence-corrected chi connectivity index (χ2v) is 4.07. The third-order valence-corrected chi connectivity index (χ3v) is 2.69. The molecule has 2 aromatic rings. The molecule has 2 heterocycles. The number of aromatic nitrogens is 2. The SMILES string of the molecule is CCSC(=O)c1ccc2nccn2c1. The summed E-state index contributed by atoms with van der Waals surface area (Å²) >= 11 is 1.32. The molecular weight excluding hydrogens is 196 g/mol. The number of carbonyl (C=O) groups excluding carboxylic acids is 1. The molecule has 72 valence electrons. The number of hydrogen-bond acceptors (Lipinski definition) is 3. The fourth-order valence-electron chi connectivity index (χ4n) is 1.26. The molecule has 4 heteroatoms. The molecule has 3 nitrogen and oxygen atoms in total. The maximum Gasteiger partial charge on any atom is 0.220 e. The van der Waals surface area contributed by atoms with E-state index in [1.54, 1.807) is 6.20 Å². The zero-order valence-electron chi connectivity index (χ0n) is 7.80. The van der Waals surface area contributed by atoms with Gasteiger partial charge in [-0.05, 0) is 17.9 Å². The molecule has 2 aromatic heterocycles. The van der Waals surface area contributed by atoms with Gasteiger partial charge in [-0.2, -0.15) is 0 Å². The molecule has 0 bridgehead atoms. The summed E-state index contributed by atoms with van der Waals surface area (Å²) in [5.74, 6) is 0.806. The first-order valence-corrected chi connectivity index (χ1v) is 5.39. The quantitative estimate of drug-likeness (QED) is 0.755. The molecule has 0 fully saturated rings. The second kappa shape index (κ2) is 3.84. The number of fused-ring (bicyclic) bond motifs is 1. The minimum atomic E-state index is 0.114. The van der Waals surface area contributed by atoms with Gasteiger partial charge in [-0.3, -0.25) is 4.79 Å². The zero-order chi connectivity index (χ0) is 9.97. The van der Waals surface area contributed by atoms with Gasteiger partial charge in [0, 0.05) is 24.2 Å². The van der Waals surface area contributed by atoms with Crippen LogP contribution in [-0.4, -0.2) is 20.3 Å². The van der Waals surface area contributed by atoms with Crippen LogP contribution in [0.1, 0.15) is 17.3 Å². The average Bonchev–Trinajstić information content (AvgIpc) is 2.64. The summed E-state index contributed by atoms with van der Waals surface area (Å²) in [6.45, 7) is 1.97. The van der Waals surface area contributed by atoms with Gasteiger partial charge in [0.05, 0.1) is 0 Å². The number of nitrogens with zero attached hydrogens (tertiary/aromatic N) is 2. The molecule has 0 atom stereocenters. The van der Waals surface area contributed by atoms with Crippen molar-refractivity contribution in [2.75, 3.05) is 5.75 Å². The molecule has 0 spiro atoms. The van der Waals surface area contributed by atoms with E-state index in [2.05, 4.69) is 4.98 Å². The normalized spacial score (nSPS) is 10.6. The predicted molar refractivity (Wildman–Crippen MR) is 57.7 cm³/mol. The first-order valence-electron chi connectivity index (χ1n) is 4.41. The fourth-order valence-corrected chi connectivity index (χ4v) is 1.80. The Labute approximate surface area is 86.1 Å². The van der Waals surface area contributed by atoms with Crippen LogP contribution in [0.15, 0.2) is 30.7 Å². The van der Waals surface area contributed by atoms with Crippen molar-refractivity contribution >= 4 is 22.5 Å². The summed E-state index contributed by atoms with van der Waals surface area (Å²) in [5, 5.41) is 0.114. The topological polar surface area (TPSA) is 34.4 Å². The van der Waals surface area contributed by atoms with Crippen LogP contribution < -0.4 is 0 Å². The van der Waals surface area contributed by atoms with Crippen molar-refractivity contribution in [3.05, 3.63) is 36.3 Å². The van der Waals surface area contributed by atoms with Gasteiger partial charge >= 0.3 is 0 Å². The number of pyridine rings is 1. The van der Waals surface area contributed by atoms with Crippen molar-refractivity contribution in [2.24, 2.45) is 0 Å². The molecular formula is C10H10N2OS. The van der Waals surface area contributed by atoms with E-state index in [0.29, 0.717) is 0 Å². The number of rotatable bonds is 2. The summed E-state index contributed by atoms with van der Waals surface area (Å²) in [6, 6.07) is 3.66. The van der Waals surface area contributed by atoms with Gasteiger partial charge in [0.25, 0.3) is 0 Å². The molecule has 0 amide bonds. The zero-order valence-corrected chi connectivity index (χ0v) is 8.62. The molecule has 0 unspecified atom stereocenters. The van der Waals surface area contributed by atoms with Gasteiger partial charge in [-0.1, -0.05) is 18.7 Å². The van der Waals surface area contributed by atoms with Crippen molar-refractivity contribution < 1.29 is 4.79 Å². The highest BCUT2D eigenvalue weighted by Crippen LogP contribution is 2.12. The van der Waals surface area contributed by atoms with Crippen LogP contribution in [0.5, 0.6) is 0 Å². The standard InChI is InChI=1S/C10H10N2OS/c1-2-14-10(13)8-3-4-9-11-5-6-12(9)7-8/h3-7H,2H2,1H3. The van der Waals surface area contributed by atoms with Crippen LogP contribution in [0.3, 0.4) is 0 Å². The first-order chi connectivity index (χ1) is 6.81. The van der Waals surface area contributed by atoms with Crippen LogP contribution >= 0.6 is 11.8 Å². The number of thioether (sulfide) groups is 1. The van der Waals surface area contributed by atoms with Crippen LogP contribution in [0.2, 0.25) is 0 Å². The van der Waals surface area contributed by atoms with Gasteiger partial charge in [0.15, 0.2) is 0 Å². The van der Waals surface area contributed by atoms with Crippen molar-refractivity contribution in [1.29, 1.82) is 0 Å². The second-order valence-electron chi connectivity index (χ2n) is 2.83. The number of carbonyl (C=O) groups is 1. The van der Waals surface area contributed by atoms with Crippen LogP contribution in [0.25, 0.3) is 5.65 Å². The van der Waals surface area contributed by atoms with Crippen LogP contribution in [0, 0.1) is 0 Å². The molecule has 0 N–H and O–H groups in total. The highest BCUT2D eigenvalue weighted by molar-refractivity contribution is 8.14. The van der Waals surface area contributed by atoms with Gasteiger partial charge in [0.1, 0.15) is 5.65 Å². The smallest absolute Gasteiger partial charge is 0.220 e. The van der Waals surface area contributed by atoms with Gasteiger partial charge in [-0.15, -0.1) is 0 Å². The maximum absolute atomic E-state index is 11.5. The lowest BCUT2D eigenvalue weighted by Gasteiger charge is -1.99. The highest BCUT2D eigenvalue weighted by atomic mass is 32.2. The minimum Gasteiger partial charge on any atom is -0.306 e. The Kier molecular flexibility index (Phi) is 2.54. The lowest BCUT2D eigenvalue weighted by Crippen LogP contribution is -1.96. The van der Waals surface area contributed by atoms with E-state index < -0.39 is 0 Å². The van der Waals surface area contributed by atoms with E-state index in [1.165, 1.54) is 11.8 Å². The average molecular weight is 206 g/mol. The first kappa shape index (κ1) is 9.27. The number of hydrogen-bond donors (Lipinski definition) is 0. The Balaban J connectivity index is 2.38. The molecule has 0 radical (unpaired) electrons. The Morgan fingerprint density at radius 3 is 3.21 bits per heavy atom. The van der Waals surface area contributed by atoms with E-state index >= 15 is 0 Å². The van der Waals surface area contributed by atoms with Crippen LogP contribution in [0.4, 0.5) is 0 Å². The lowest BCUT2D eigenvalue weighted by atomic mass is 10.3. The molecule has 14 heavy (non-hydrogen) atoms. The van der Waals surface area contributed by atoms with Crippen molar-refractivity contribution in [3.8, 4) is 0 Å². The van der Waals surface area contributed by atoms with Crippen LogP contribution in [-0.2, 0) is 0 Å². The highest BCUT2D eigenvalue weighted by Gasteiger charge is 2.05. The number of imidazole rings is 1. The van der Waals surface area contributed by atoms with Crippen molar-refractivity contribution in [1.82, 2.24) is 9.38 Å². The summed E-state index contributed by atoms with van der Waals surface area (Å²) in [6.07, 6.45) is 5.37. The van der Waals surface area contributed by atoms with E-state index in [9.17, 15) is 4.79 Å². The molecule has 0 saturated heterocycles. The Morgan fingerprint density at radius 2 is 2.43 bits per heavy atom.